The zero-order valence-electron chi connectivity index (χ0n) is 23.5. The lowest BCUT2D eigenvalue weighted by atomic mass is 9.42. The van der Waals surface area contributed by atoms with Crippen LogP contribution in [-0.2, 0) is 14.3 Å². The first-order valence-corrected chi connectivity index (χ1v) is 15.8. The van der Waals surface area contributed by atoms with Crippen molar-refractivity contribution in [2.24, 2.45) is 46.3 Å². The van der Waals surface area contributed by atoms with E-state index in [-0.39, 0.29) is 28.7 Å². The lowest BCUT2D eigenvalue weighted by Gasteiger charge is -2.61. The lowest BCUT2D eigenvalue weighted by molar-refractivity contribution is -0.159. The van der Waals surface area contributed by atoms with Crippen LogP contribution in [0.25, 0.3) is 0 Å². The molecular weight excluding hydrogens is 500 g/mol. The van der Waals surface area contributed by atoms with Gasteiger partial charge in [0, 0.05) is 23.6 Å². The van der Waals surface area contributed by atoms with Gasteiger partial charge in [0.1, 0.15) is 17.3 Å². The second-order valence-corrected chi connectivity index (χ2v) is 15.8. The molecule has 0 aromatic carbocycles. The third-order valence-corrected chi connectivity index (χ3v) is 13.1. The van der Waals surface area contributed by atoms with Gasteiger partial charge in [0.15, 0.2) is 0 Å². The van der Waals surface area contributed by atoms with Crippen molar-refractivity contribution in [3.05, 3.63) is 0 Å². The van der Waals surface area contributed by atoms with Crippen molar-refractivity contribution in [1.82, 2.24) is 0 Å². The Kier molecular flexibility index (Phi) is 6.81. The van der Waals surface area contributed by atoms with Gasteiger partial charge in [0.05, 0.1) is 0 Å². The number of carbonyl (C=O) groups excluding carboxylic acids is 1. The molecule has 5 fully saturated rings. The quantitative estimate of drug-likeness (QED) is 0.181. The van der Waals surface area contributed by atoms with E-state index in [1.54, 1.807) is 6.92 Å². The van der Waals surface area contributed by atoms with E-state index in [2.05, 4.69) is 57.5 Å². The number of halogens is 1. The Morgan fingerprint density at radius 2 is 1.74 bits per heavy atom. The summed E-state index contributed by atoms with van der Waals surface area (Å²) in [4.78, 5) is 12.1. The monoisotopic (exact) mass is 550 g/mol. The summed E-state index contributed by atoms with van der Waals surface area (Å²) < 4.78 is 12.8. The van der Waals surface area contributed by atoms with Gasteiger partial charge in [-0.05, 0) is 92.8 Å². The number of fused-ring (bicyclic) bond motifs is 4. The highest BCUT2D eigenvalue weighted by atomic mass is 79.9. The van der Waals surface area contributed by atoms with E-state index in [0.29, 0.717) is 10.2 Å². The van der Waals surface area contributed by atoms with Gasteiger partial charge in [-0.3, -0.25) is 4.79 Å². The van der Waals surface area contributed by atoms with E-state index in [9.17, 15) is 4.79 Å². The van der Waals surface area contributed by atoms with Crippen LogP contribution in [0.5, 0.6) is 0 Å². The summed E-state index contributed by atoms with van der Waals surface area (Å²) in [6, 6.07) is 0. The molecular formula is C31H51BrO3. The predicted octanol–water partition coefficient (Wildman–Crippen LogP) is 8.32. The van der Waals surface area contributed by atoms with Crippen molar-refractivity contribution >= 4 is 21.9 Å². The SMILES string of the molecule is CC(=O)O[C@H]1CC[C@]2(C)[C@H]3CC[C@]4(C)[C@@H]([C@H](C)CCCC(C)C)CC[C@H]4[C@@H]3C[C@@]3(C(C)Br)O[C@@]32C1. The van der Waals surface area contributed by atoms with Crippen molar-refractivity contribution in [2.75, 3.05) is 0 Å². The predicted molar refractivity (Wildman–Crippen MR) is 145 cm³/mol. The molecule has 0 aromatic heterocycles. The largest absolute Gasteiger partial charge is 0.462 e. The van der Waals surface area contributed by atoms with Crippen molar-refractivity contribution < 1.29 is 14.3 Å². The smallest absolute Gasteiger partial charge is 0.302 e. The zero-order chi connectivity index (χ0) is 25.4. The van der Waals surface area contributed by atoms with Crippen LogP contribution in [0, 0.1) is 46.3 Å². The van der Waals surface area contributed by atoms with Gasteiger partial charge >= 0.3 is 5.97 Å². The van der Waals surface area contributed by atoms with Gasteiger partial charge in [-0.15, -0.1) is 0 Å². The van der Waals surface area contributed by atoms with E-state index >= 15 is 0 Å². The molecule has 1 unspecified atom stereocenters. The van der Waals surface area contributed by atoms with Crippen molar-refractivity contribution in [3.8, 4) is 0 Å². The third kappa shape index (κ3) is 3.83. The fourth-order valence-electron chi connectivity index (χ4n) is 10.7. The Labute approximate surface area is 223 Å². The number of esters is 1. The fraction of sp³-hybridized carbons (Fsp3) is 0.968. The van der Waals surface area contributed by atoms with Crippen LogP contribution in [0.1, 0.15) is 119 Å². The summed E-state index contributed by atoms with van der Waals surface area (Å²) in [7, 11) is 0. The highest BCUT2D eigenvalue weighted by Crippen LogP contribution is 2.79. The number of ether oxygens (including phenoxy) is 2. The van der Waals surface area contributed by atoms with Gasteiger partial charge in [-0.1, -0.05) is 69.8 Å². The molecule has 1 saturated heterocycles. The second kappa shape index (κ2) is 8.99. The molecule has 0 N–H and O–H groups in total. The maximum atomic E-state index is 11.8. The van der Waals surface area contributed by atoms with E-state index < -0.39 is 0 Å². The Bertz CT molecular complexity index is 826. The average Bonchev–Trinajstić information content (AvgIpc) is 3.29. The summed E-state index contributed by atoms with van der Waals surface area (Å²) in [5, 5.41) is 0. The molecule has 1 heterocycles. The number of alkyl halides is 1. The van der Waals surface area contributed by atoms with E-state index in [1.807, 2.05) is 0 Å². The first-order chi connectivity index (χ1) is 16.4. The molecule has 0 bridgehead atoms. The molecule has 35 heavy (non-hydrogen) atoms. The molecule has 5 aliphatic rings. The number of carbonyl (C=O) groups is 1. The topological polar surface area (TPSA) is 38.8 Å². The van der Waals surface area contributed by atoms with Crippen LogP contribution in [0.2, 0.25) is 0 Å². The van der Waals surface area contributed by atoms with E-state index in [1.165, 1.54) is 51.4 Å². The molecule has 3 nitrogen and oxygen atoms in total. The maximum absolute atomic E-state index is 11.8. The van der Waals surface area contributed by atoms with Gasteiger partial charge in [-0.2, -0.15) is 0 Å². The molecule has 0 amide bonds. The van der Waals surface area contributed by atoms with Gasteiger partial charge in [0.25, 0.3) is 0 Å². The Morgan fingerprint density at radius 3 is 2.40 bits per heavy atom. The lowest BCUT2D eigenvalue weighted by Crippen LogP contribution is -2.62. The molecule has 0 radical (unpaired) electrons. The molecule has 4 saturated carbocycles. The molecule has 11 atom stereocenters. The van der Waals surface area contributed by atoms with Gasteiger partial charge in [-0.25, -0.2) is 0 Å². The minimum absolute atomic E-state index is 0.0154. The molecule has 4 heteroatoms. The summed E-state index contributed by atoms with van der Waals surface area (Å²) >= 11 is 4.03. The van der Waals surface area contributed by atoms with Crippen molar-refractivity contribution in [2.45, 2.75) is 141 Å². The Hall–Kier alpha value is -0.0900. The van der Waals surface area contributed by atoms with Gasteiger partial charge in [0.2, 0.25) is 0 Å². The normalized spacial score (nSPS) is 49.9. The van der Waals surface area contributed by atoms with E-state index in [0.717, 1.165) is 54.8 Å². The number of rotatable bonds is 7. The minimum atomic E-state index is -0.144. The van der Waals surface area contributed by atoms with Crippen LogP contribution < -0.4 is 0 Å². The van der Waals surface area contributed by atoms with Crippen LogP contribution in [0.4, 0.5) is 0 Å². The average molecular weight is 552 g/mol. The zero-order valence-corrected chi connectivity index (χ0v) is 25.1. The number of hydrogen-bond acceptors (Lipinski definition) is 3. The minimum Gasteiger partial charge on any atom is -0.462 e. The molecule has 1 spiro atoms. The molecule has 200 valence electrons. The standard InChI is InChI=1S/C31H51BrO3/c1-19(2)9-8-10-20(3)25-11-12-26-24-18-30(21(4)32)31(35-30)17-23(34-22(5)33)13-16-29(31,7)27(24)14-15-28(25,26)6/h19-21,23-27H,8-18H2,1-7H3/t20-,21?,23+,24+,25-,26+,27+,28-,29-,30+,31-/m1/s1. The Morgan fingerprint density at radius 1 is 1.00 bits per heavy atom. The highest BCUT2D eigenvalue weighted by Gasteiger charge is 2.84. The Balaban J connectivity index is 1.39. The first kappa shape index (κ1) is 26.5. The first-order valence-electron chi connectivity index (χ1n) is 14.9. The van der Waals surface area contributed by atoms with Crippen LogP contribution in [-0.4, -0.2) is 28.1 Å². The molecule has 0 aromatic rings. The maximum Gasteiger partial charge on any atom is 0.302 e. The molecule has 5 rings (SSSR count). The van der Waals surface area contributed by atoms with Crippen molar-refractivity contribution in [3.63, 3.8) is 0 Å². The summed E-state index contributed by atoms with van der Waals surface area (Å²) in [6.45, 7) is 16.4. The number of hydrogen-bond donors (Lipinski definition) is 0. The summed E-state index contributed by atoms with van der Waals surface area (Å²) in [5.41, 5.74) is 0.464. The van der Waals surface area contributed by atoms with Crippen molar-refractivity contribution in [1.29, 1.82) is 0 Å². The van der Waals surface area contributed by atoms with Crippen LogP contribution >= 0.6 is 15.9 Å². The summed E-state index contributed by atoms with van der Waals surface area (Å²) in [5.74, 6) is 4.77. The van der Waals surface area contributed by atoms with E-state index in [4.69, 9.17) is 9.47 Å². The number of epoxide rings is 1. The molecule has 4 aliphatic carbocycles. The fourth-order valence-corrected chi connectivity index (χ4v) is 11.4. The second-order valence-electron chi connectivity index (χ2n) is 14.4. The van der Waals surface area contributed by atoms with Gasteiger partial charge < -0.3 is 9.47 Å². The summed E-state index contributed by atoms with van der Waals surface area (Å²) in [6.07, 6.45) is 14.0. The third-order valence-electron chi connectivity index (χ3n) is 12.4. The molecule has 1 aliphatic heterocycles. The van der Waals surface area contributed by atoms with Crippen LogP contribution in [0.15, 0.2) is 0 Å². The van der Waals surface area contributed by atoms with Crippen LogP contribution in [0.3, 0.4) is 0 Å². The highest BCUT2D eigenvalue weighted by molar-refractivity contribution is 9.09.